The molecule has 0 aliphatic heterocycles. The van der Waals surface area contributed by atoms with Gasteiger partial charge in [0, 0.05) is 5.25 Å². The van der Waals surface area contributed by atoms with Crippen LogP contribution in [0.25, 0.3) is 0 Å². The van der Waals surface area contributed by atoms with Gasteiger partial charge in [-0.05, 0) is 49.7 Å². The molecule has 2 fully saturated rings. The quantitative estimate of drug-likeness (QED) is 0.776. The second-order valence-electron chi connectivity index (χ2n) is 5.21. The zero-order valence-electron chi connectivity index (χ0n) is 9.28. The summed E-state index contributed by atoms with van der Waals surface area (Å²) in [6.07, 6.45) is 5.81. The van der Waals surface area contributed by atoms with Crippen LogP contribution in [0.1, 0.15) is 39.5 Å². The highest BCUT2D eigenvalue weighted by atomic mass is 32.2. The highest BCUT2D eigenvalue weighted by Gasteiger charge is 2.39. The van der Waals surface area contributed by atoms with Crippen molar-refractivity contribution in [3.8, 4) is 0 Å². The Bertz CT molecular complexity index is 193. The van der Waals surface area contributed by atoms with Crippen molar-refractivity contribution in [1.29, 1.82) is 0 Å². The van der Waals surface area contributed by atoms with Crippen LogP contribution in [0.15, 0.2) is 0 Å². The fraction of sp³-hybridized carbons (Fsp3) is 1.00. The molecule has 1 nitrogen and oxygen atoms in total. The maximum atomic E-state index is 9.41. The Morgan fingerprint density at radius 3 is 2.57 bits per heavy atom. The third kappa shape index (κ3) is 2.27. The highest BCUT2D eigenvalue weighted by Crippen LogP contribution is 2.49. The molecular weight excluding hydrogens is 192 g/mol. The normalized spacial score (nSPS) is 40.1. The van der Waals surface area contributed by atoms with Crippen LogP contribution in [0.5, 0.6) is 0 Å². The summed E-state index contributed by atoms with van der Waals surface area (Å²) in [7, 11) is 0. The summed E-state index contributed by atoms with van der Waals surface area (Å²) in [6, 6.07) is 0. The predicted molar refractivity (Wildman–Crippen MR) is 62.5 cm³/mol. The molecule has 2 aliphatic rings. The molecule has 0 aromatic carbocycles. The Balaban J connectivity index is 1.71. The van der Waals surface area contributed by atoms with E-state index in [0.29, 0.717) is 5.25 Å². The van der Waals surface area contributed by atoms with E-state index in [1.54, 1.807) is 0 Å². The summed E-state index contributed by atoms with van der Waals surface area (Å²) in [6.45, 7) is 4.04. The van der Waals surface area contributed by atoms with Crippen LogP contribution in [0.2, 0.25) is 0 Å². The average Bonchev–Trinajstić information content (AvgIpc) is 2.74. The number of thioether (sulfide) groups is 1. The standard InChI is InChI=1S/C12H22OS/c1-8(13)9(2)14-7-12-6-10-3-4-11(12)5-10/h8-13H,3-7H2,1-2H3. The summed E-state index contributed by atoms with van der Waals surface area (Å²) in [5, 5.41) is 9.82. The molecule has 14 heavy (non-hydrogen) atoms. The molecule has 1 N–H and O–H groups in total. The number of aliphatic hydroxyl groups is 1. The Hall–Kier alpha value is 0.310. The van der Waals surface area contributed by atoms with Crippen molar-refractivity contribution in [2.75, 3.05) is 5.75 Å². The van der Waals surface area contributed by atoms with Gasteiger partial charge in [0.15, 0.2) is 0 Å². The molecule has 0 aromatic rings. The number of hydrogen-bond donors (Lipinski definition) is 1. The lowest BCUT2D eigenvalue weighted by molar-refractivity contribution is 0.196. The first-order valence-electron chi connectivity index (χ1n) is 5.96. The van der Waals surface area contributed by atoms with E-state index in [2.05, 4.69) is 6.92 Å². The van der Waals surface area contributed by atoms with E-state index in [1.807, 2.05) is 18.7 Å². The minimum atomic E-state index is -0.154. The molecule has 0 heterocycles. The number of fused-ring (bicyclic) bond motifs is 2. The van der Waals surface area contributed by atoms with Crippen molar-refractivity contribution < 1.29 is 5.11 Å². The molecule has 2 heteroatoms. The Morgan fingerprint density at radius 1 is 1.29 bits per heavy atom. The van der Waals surface area contributed by atoms with Crippen LogP contribution in [0.4, 0.5) is 0 Å². The highest BCUT2D eigenvalue weighted by molar-refractivity contribution is 7.99. The topological polar surface area (TPSA) is 20.2 Å². The van der Waals surface area contributed by atoms with Gasteiger partial charge in [0.25, 0.3) is 0 Å². The van der Waals surface area contributed by atoms with E-state index in [-0.39, 0.29) is 6.10 Å². The summed E-state index contributed by atoms with van der Waals surface area (Å²) in [5.74, 6) is 4.36. The summed E-state index contributed by atoms with van der Waals surface area (Å²) < 4.78 is 0. The minimum absolute atomic E-state index is 0.154. The Morgan fingerprint density at radius 2 is 2.07 bits per heavy atom. The molecule has 2 saturated carbocycles. The van der Waals surface area contributed by atoms with E-state index in [4.69, 9.17) is 0 Å². The van der Waals surface area contributed by atoms with Crippen LogP contribution in [-0.2, 0) is 0 Å². The van der Waals surface area contributed by atoms with Gasteiger partial charge in [0.1, 0.15) is 0 Å². The van der Waals surface area contributed by atoms with Crippen molar-refractivity contribution in [2.24, 2.45) is 17.8 Å². The zero-order valence-corrected chi connectivity index (χ0v) is 10.1. The average molecular weight is 214 g/mol. The molecule has 0 amide bonds. The molecule has 0 aromatic heterocycles. The Labute approximate surface area is 91.7 Å². The fourth-order valence-electron chi connectivity index (χ4n) is 3.00. The Kier molecular flexibility index (Phi) is 3.43. The maximum Gasteiger partial charge on any atom is 0.0627 e. The molecule has 0 saturated heterocycles. The number of rotatable bonds is 4. The van der Waals surface area contributed by atoms with E-state index in [9.17, 15) is 5.11 Å². The van der Waals surface area contributed by atoms with Gasteiger partial charge in [-0.2, -0.15) is 11.8 Å². The van der Waals surface area contributed by atoms with Crippen LogP contribution in [-0.4, -0.2) is 22.2 Å². The number of aliphatic hydroxyl groups excluding tert-OH is 1. The third-order valence-electron chi connectivity index (χ3n) is 4.14. The van der Waals surface area contributed by atoms with Crippen molar-refractivity contribution in [3.05, 3.63) is 0 Å². The van der Waals surface area contributed by atoms with E-state index in [0.717, 1.165) is 17.8 Å². The largest absolute Gasteiger partial charge is 0.392 e. The molecular formula is C12H22OS. The van der Waals surface area contributed by atoms with Gasteiger partial charge in [-0.15, -0.1) is 0 Å². The second kappa shape index (κ2) is 4.44. The van der Waals surface area contributed by atoms with Gasteiger partial charge in [0.2, 0.25) is 0 Å². The lowest BCUT2D eigenvalue weighted by Gasteiger charge is -2.23. The van der Waals surface area contributed by atoms with Crippen LogP contribution in [0.3, 0.4) is 0 Å². The lowest BCUT2D eigenvalue weighted by atomic mass is 9.90. The first-order chi connectivity index (χ1) is 6.66. The summed E-state index contributed by atoms with van der Waals surface area (Å²) in [4.78, 5) is 0. The van der Waals surface area contributed by atoms with Crippen molar-refractivity contribution in [1.82, 2.24) is 0 Å². The maximum absolute atomic E-state index is 9.41. The smallest absolute Gasteiger partial charge is 0.0627 e. The summed E-state index contributed by atoms with van der Waals surface area (Å²) >= 11 is 1.97. The summed E-state index contributed by atoms with van der Waals surface area (Å²) in [5.41, 5.74) is 0. The fourth-order valence-corrected chi connectivity index (χ4v) is 4.23. The molecule has 5 unspecified atom stereocenters. The van der Waals surface area contributed by atoms with Crippen LogP contribution < -0.4 is 0 Å². The molecule has 2 rings (SSSR count). The first kappa shape index (κ1) is 10.8. The van der Waals surface area contributed by atoms with Crippen molar-refractivity contribution >= 4 is 11.8 Å². The van der Waals surface area contributed by atoms with E-state index >= 15 is 0 Å². The SMILES string of the molecule is CC(O)C(C)SCC1CC2CCC1C2. The lowest BCUT2D eigenvalue weighted by Crippen LogP contribution is -2.19. The minimum Gasteiger partial charge on any atom is -0.392 e. The zero-order chi connectivity index (χ0) is 10.1. The molecule has 0 radical (unpaired) electrons. The van der Waals surface area contributed by atoms with Crippen molar-refractivity contribution in [3.63, 3.8) is 0 Å². The first-order valence-corrected chi connectivity index (χ1v) is 7.01. The van der Waals surface area contributed by atoms with Crippen molar-refractivity contribution in [2.45, 2.75) is 50.9 Å². The van der Waals surface area contributed by atoms with Gasteiger partial charge in [0.05, 0.1) is 6.10 Å². The molecule has 5 atom stereocenters. The van der Waals surface area contributed by atoms with Crippen LogP contribution >= 0.6 is 11.8 Å². The molecule has 2 aliphatic carbocycles. The van der Waals surface area contributed by atoms with Gasteiger partial charge < -0.3 is 5.11 Å². The van der Waals surface area contributed by atoms with Gasteiger partial charge in [-0.25, -0.2) is 0 Å². The molecule has 2 bridgehead atoms. The second-order valence-corrected chi connectivity index (χ2v) is 6.62. The molecule has 82 valence electrons. The third-order valence-corrected chi connectivity index (χ3v) is 5.68. The van der Waals surface area contributed by atoms with Gasteiger partial charge in [-0.3, -0.25) is 0 Å². The van der Waals surface area contributed by atoms with Gasteiger partial charge in [-0.1, -0.05) is 13.3 Å². The predicted octanol–water partition coefficient (Wildman–Crippen LogP) is 2.93. The molecule has 0 spiro atoms. The van der Waals surface area contributed by atoms with Crippen LogP contribution in [0, 0.1) is 17.8 Å². The number of hydrogen-bond acceptors (Lipinski definition) is 2. The monoisotopic (exact) mass is 214 g/mol. The van der Waals surface area contributed by atoms with Gasteiger partial charge >= 0.3 is 0 Å². The van der Waals surface area contributed by atoms with E-state index < -0.39 is 0 Å². The van der Waals surface area contributed by atoms with E-state index in [1.165, 1.54) is 31.4 Å².